The lowest BCUT2D eigenvalue weighted by atomic mass is 10.1. The van der Waals surface area contributed by atoms with E-state index in [0.29, 0.717) is 18.9 Å². The standard InChI is InChI=1S/C18H25F2N3O2.ClH/c1-2-10-23(14-7-9-21-12-14)17(24)4-3-8-22-18(25)15-6-5-13(19)11-16(15)20;/h5-6,11,14,21H,2-4,7-10,12H2,1H3,(H,22,25);1H. The van der Waals surface area contributed by atoms with Crippen LogP contribution in [0.5, 0.6) is 0 Å². The van der Waals surface area contributed by atoms with Crippen molar-refractivity contribution in [2.45, 2.75) is 38.6 Å². The van der Waals surface area contributed by atoms with E-state index in [1.165, 1.54) is 0 Å². The predicted molar refractivity (Wildman–Crippen MR) is 98.5 cm³/mol. The van der Waals surface area contributed by atoms with Gasteiger partial charge in [0.25, 0.3) is 5.91 Å². The van der Waals surface area contributed by atoms with Crippen molar-refractivity contribution in [3.05, 3.63) is 35.4 Å². The Morgan fingerprint density at radius 2 is 2.12 bits per heavy atom. The maximum absolute atomic E-state index is 13.5. The number of halogens is 3. The summed E-state index contributed by atoms with van der Waals surface area (Å²) in [6.45, 7) is 4.80. The zero-order chi connectivity index (χ0) is 18.2. The molecule has 0 aromatic heterocycles. The first-order valence-electron chi connectivity index (χ1n) is 8.76. The van der Waals surface area contributed by atoms with Gasteiger partial charge in [0.1, 0.15) is 11.6 Å². The second-order valence-corrected chi connectivity index (χ2v) is 6.22. The molecule has 1 aliphatic rings. The van der Waals surface area contributed by atoms with E-state index in [0.717, 1.165) is 44.6 Å². The fraction of sp³-hybridized carbons (Fsp3) is 0.556. The van der Waals surface area contributed by atoms with Gasteiger partial charge in [-0.25, -0.2) is 8.78 Å². The maximum Gasteiger partial charge on any atom is 0.254 e. The SMILES string of the molecule is CCCN(C(=O)CCCNC(=O)c1ccc(F)cc1F)C1CCNC1.Cl. The summed E-state index contributed by atoms with van der Waals surface area (Å²) >= 11 is 0. The molecule has 2 N–H and O–H groups in total. The van der Waals surface area contributed by atoms with E-state index in [2.05, 4.69) is 10.6 Å². The fourth-order valence-electron chi connectivity index (χ4n) is 3.01. The molecule has 5 nitrogen and oxygen atoms in total. The summed E-state index contributed by atoms with van der Waals surface area (Å²) in [5.41, 5.74) is -0.197. The first kappa shape index (κ1) is 22.3. The van der Waals surface area contributed by atoms with Crippen LogP contribution in [0.2, 0.25) is 0 Å². The molecule has 0 bridgehead atoms. The van der Waals surface area contributed by atoms with Gasteiger partial charge in [-0.1, -0.05) is 6.92 Å². The quantitative estimate of drug-likeness (QED) is 0.671. The smallest absolute Gasteiger partial charge is 0.254 e. The molecular weight excluding hydrogens is 364 g/mol. The molecular formula is C18H26ClF2N3O2. The molecule has 1 atom stereocenters. The number of carbonyl (C=O) groups is 2. The van der Waals surface area contributed by atoms with Crippen LogP contribution in [0.3, 0.4) is 0 Å². The molecule has 1 aromatic carbocycles. The topological polar surface area (TPSA) is 61.4 Å². The molecule has 1 aromatic rings. The van der Waals surface area contributed by atoms with E-state index < -0.39 is 17.5 Å². The number of benzene rings is 1. The molecule has 1 saturated heterocycles. The minimum atomic E-state index is -0.892. The highest BCUT2D eigenvalue weighted by Crippen LogP contribution is 2.12. The van der Waals surface area contributed by atoms with Crippen molar-refractivity contribution in [2.24, 2.45) is 0 Å². The van der Waals surface area contributed by atoms with Crippen LogP contribution < -0.4 is 10.6 Å². The van der Waals surface area contributed by atoms with Gasteiger partial charge in [0.2, 0.25) is 5.91 Å². The lowest BCUT2D eigenvalue weighted by Crippen LogP contribution is -2.42. The number of amides is 2. The summed E-state index contributed by atoms with van der Waals surface area (Å²) in [5.74, 6) is -2.14. The Hall–Kier alpha value is -1.73. The number of carbonyl (C=O) groups excluding carboxylic acids is 2. The lowest BCUT2D eigenvalue weighted by molar-refractivity contribution is -0.133. The van der Waals surface area contributed by atoms with Crippen LogP contribution in [0, 0.1) is 11.6 Å². The Morgan fingerprint density at radius 3 is 2.73 bits per heavy atom. The predicted octanol–water partition coefficient (Wildman–Crippen LogP) is 2.50. The van der Waals surface area contributed by atoms with Gasteiger partial charge >= 0.3 is 0 Å². The Kier molecular flexibility index (Phi) is 9.51. The van der Waals surface area contributed by atoms with Crippen LogP contribution in [0.4, 0.5) is 8.78 Å². The second kappa shape index (κ2) is 11.1. The zero-order valence-electron chi connectivity index (χ0n) is 14.9. The highest BCUT2D eigenvalue weighted by atomic mass is 35.5. The van der Waals surface area contributed by atoms with Crippen molar-refractivity contribution in [2.75, 3.05) is 26.2 Å². The van der Waals surface area contributed by atoms with E-state index >= 15 is 0 Å². The number of hydrogen-bond donors (Lipinski definition) is 2. The third-order valence-electron chi connectivity index (χ3n) is 4.29. The summed E-state index contributed by atoms with van der Waals surface area (Å²) in [5, 5.41) is 5.83. The third kappa shape index (κ3) is 6.21. The Balaban J connectivity index is 0.00000338. The van der Waals surface area contributed by atoms with Crippen LogP contribution in [0.15, 0.2) is 18.2 Å². The first-order chi connectivity index (χ1) is 12.0. The zero-order valence-corrected chi connectivity index (χ0v) is 15.7. The highest BCUT2D eigenvalue weighted by molar-refractivity contribution is 5.94. The lowest BCUT2D eigenvalue weighted by Gasteiger charge is -2.28. The Morgan fingerprint density at radius 1 is 1.35 bits per heavy atom. The Labute approximate surface area is 158 Å². The fourth-order valence-corrected chi connectivity index (χ4v) is 3.01. The Bertz CT molecular complexity index is 610. The van der Waals surface area contributed by atoms with Crippen LogP contribution in [0.1, 0.15) is 43.0 Å². The van der Waals surface area contributed by atoms with Crippen LogP contribution in [-0.4, -0.2) is 48.9 Å². The van der Waals surface area contributed by atoms with E-state index in [9.17, 15) is 18.4 Å². The molecule has 2 rings (SSSR count). The van der Waals surface area contributed by atoms with Gasteiger partial charge in [-0.15, -0.1) is 12.4 Å². The van der Waals surface area contributed by atoms with Crippen molar-refractivity contribution < 1.29 is 18.4 Å². The molecule has 26 heavy (non-hydrogen) atoms. The molecule has 1 heterocycles. The van der Waals surface area contributed by atoms with Gasteiger partial charge in [0.05, 0.1) is 5.56 Å². The molecule has 1 fully saturated rings. The third-order valence-corrected chi connectivity index (χ3v) is 4.29. The van der Waals surface area contributed by atoms with Gasteiger partial charge in [0.15, 0.2) is 0 Å². The summed E-state index contributed by atoms with van der Waals surface area (Å²) < 4.78 is 26.4. The second-order valence-electron chi connectivity index (χ2n) is 6.22. The van der Waals surface area contributed by atoms with Gasteiger partial charge in [0, 0.05) is 38.2 Å². The van der Waals surface area contributed by atoms with E-state index in [1.807, 2.05) is 11.8 Å². The van der Waals surface area contributed by atoms with Crippen molar-refractivity contribution in [1.29, 1.82) is 0 Å². The van der Waals surface area contributed by atoms with Gasteiger partial charge in [-0.05, 0) is 37.9 Å². The average Bonchev–Trinajstić information content (AvgIpc) is 3.10. The summed E-state index contributed by atoms with van der Waals surface area (Å²) in [7, 11) is 0. The minimum Gasteiger partial charge on any atom is -0.352 e. The minimum absolute atomic E-state index is 0. The number of rotatable bonds is 8. The first-order valence-corrected chi connectivity index (χ1v) is 8.76. The van der Waals surface area contributed by atoms with Gasteiger partial charge < -0.3 is 15.5 Å². The molecule has 0 aliphatic carbocycles. The molecule has 0 saturated carbocycles. The van der Waals surface area contributed by atoms with E-state index in [4.69, 9.17) is 0 Å². The largest absolute Gasteiger partial charge is 0.352 e. The van der Waals surface area contributed by atoms with Crippen molar-refractivity contribution in [3.63, 3.8) is 0 Å². The van der Waals surface area contributed by atoms with Crippen LogP contribution in [0.25, 0.3) is 0 Å². The van der Waals surface area contributed by atoms with E-state index in [-0.39, 0.29) is 36.5 Å². The highest BCUT2D eigenvalue weighted by Gasteiger charge is 2.25. The van der Waals surface area contributed by atoms with Crippen molar-refractivity contribution in [3.8, 4) is 0 Å². The van der Waals surface area contributed by atoms with Crippen molar-refractivity contribution >= 4 is 24.2 Å². The normalized spacial score (nSPS) is 16.0. The van der Waals surface area contributed by atoms with Crippen LogP contribution >= 0.6 is 12.4 Å². The van der Waals surface area contributed by atoms with Crippen molar-refractivity contribution in [1.82, 2.24) is 15.5 Å². The summed E-state index contributed by atoms with van der Waals surface area (Å²) in [4.78, 5) is 26.2. The van der Waals surface area contributed by atoms with Gasteiger partial charge in [-0.2, -0.15) is 0 Å². The molecule has 2 amide bonds. The molecule has 1 unspecified atom stereocenters. The number of nitrogens with one attached hydrogen (secondary N) is 2. The summed E-state index contributed by atoms with van der Waals surface area (Å²) in [6.07, 6.45) is 2.69. The molecule has 8 heteroatoms. The molecule has 146 valence electrons. The van der Waals surface area contributed by atoms with Gasteiger partial charge in [-0.3, -0.25) is 9.59 Å². The maximum atomic E-state index is 13.5. The summed E-state index contributed by atoms with van der Waals surface area (Å²) in [6, 6.07) is 3.08. The van der Waals surface area contributed by atoms with E-state index in [1.54, 1.807) is 0 Å². The number of nitrogens with zero attached hydrogens (tertiary/aromatic N) is 1. The molecule has 0 spiro atoms. The average molecular weight is 390 g/mol. The van der Waals surface area contributed by atoms with Crippen LogP contribution in [-0.2, 0) is 4.79 Å². The molecule has 0 radical (unpaired) electrons. The monoisotopic (exact) mass is 389 g/mol. The number of hydrogen-bond acceptors (Lipinski definition) is 3. The molecule has 1 aliphatic heterocycles.